The van der Waals surface area contributed by atoms with Crippen LogP contribution in [0.1, 0.15) is 33.5 Å². The second-order valence-corrected chi connectivity index (χ2v) is 5.59. The maximum atomic E-state index is 12.3. The van der Waals surface area contributed by atoms with Gasteiger partial charge in [-0.15, -0.1) is 11.3 Å². The van der Waals surface area contributed by atoms with Crippen molar-refractivity contribution in [1.29, 1.82) is 0 Å². The van der Waals surface area contributed by atoms with Crippen LogP contribution in [0.4, 0.5) is 5.69 Å². The van der Waals surface area contributed by atoms with Crippen molar-refractivity contribution in [1.82, 2.24) is 10.3 Å². The highest BCUT2D eigenvalue weighted by atomic mass is 32.1. The SMILES string of the molecule is CCNc1cc(C)ccc1C(=O)NCc1nc(C)cs1. The van der Waals surface area contributed by atoms with Crippen molar-refractivity contribution in [2.75, 3.05) is 11.9 Å². The van der Waals surface area contributed by atoms with Gasteiger partial charge in [0.1, 0.15) is 5.01 Å². The van der Waals surface area contributed by atoms with Crippen molar-refractivity contribution >= 4 is 22.9 Å². The van der Waals surface area contributed by atoms with Crippen molar-refractivity contribution in [3.8, 4) is 0 Å². The largest absolute Gasteiger partial charge is 0.385 e. The van der Waals surface area contributed by atoms with Crippen molar-refractivity contribution in [3.63, 3.8) is 0 Å². The van der Waals surface area contributed by atoms with Crippen LogP contribution in [0.25, 0.3) is 0 Å². The molecule has 0 spiro atoms. The fourth-order valence-electron chi connectivity index (χ4n) is 1.93. The number of rotatable bonds is 5. The van der Waals surface area contributed by atoms with Gasteiger partial charge in [-0.1, -0.05) is 6.07 Å². The molecule has 0 saturated carbocycles. The molecular weight excluding hydrogens is 270 g/mol. The molecule has 2 aromatic rings. The standard InChI is InChI=1S/C15H19N3OS/c1-4-16-13-7-10(2)5-6-12(13)15(19)17-8-14-18-11(3)9-20-14/h5-7,9,16H,4,8H2,1-3H3,(H,17,19). The highest BCUT2D eigenvalue weighted by molar-refractivity contribution is 7.09. The van der Waals surface area contributed by atoms with E-state index in [9.17, 15) is 4.79 Å². The monoisotopic (exact) mass is 289 g/mol. The third-order valence-corrected chi connectivity index (χ3v) is 3.82. The normalized spacial score (nSPS) is 10.3. The first-order valence-electron chi connectivity index (χ1n) is 6.64. The number of aryl methyl sites for hydroxylation is 2. The minimum atomic E-state index is -0.0752. The van der Waals surface area contributed by atoms with Crippen LogP contribution in [0, 0.1) is 13.8 Å². The number of thiazole rings is 1. The summed E-state index contributed by atoms with van der Waals surface area (Å²) in [5.41, 5.74) is 3.67. The molecule has 0 unspecified atom stereocenters. The molecule has 0 aliphatic rings. The van der Waals surface area contributed by atoms with E-state index in [-0.39, 0.29) is 5.91 Å². The van der Waals surface area contributed by atoms with E-state index in [1.54, 1.807) is 11.3 Å². The maximum Gasteiger partial charge on any atom is 0.253 e. The van der Waals surface area contributed by atoms with E-state index >= 15 is 0 Å². The smallest absolute Gasteiger partial charge is 0.253 e. The topological polar surface area (TPSA) is 54.0 Å². The first-order chi connectivity index (χ1) is 9.60. The molecule has 1 aromatic carbocycles. The zero-order valence-electron chi connectivity index (χ0n) is 12.0. The van der Waals surface area contributed by atoms with Gasteiger partial charge in [0.25, 0.3) is 5.91 Å². The number of nitrogens with one attached hydrogen (secondary N) is 2. The van der Waals surface area contributed by atoms with Crippen LogP contribution < -0.4 is 10.6 Å². The molecule has 4 nitrogen and oxygen atoms in total. The van der Waals surface area contributed by atoms with Crippen LogP contribution in [0.15, 0.2) is 23.6 Å². The molecule has 0 atom stereocenters. The van der Waals surface area contributed by atoms with Crippen molar-refractivity contribution in [2.45, 2.75) is 27.3 Å². The number of hydrogen-bond donors (Lipinski definition) is 2. The highest BCUT2D eigenvalue weighted by Gasteiger charge is 2.11. The van der Waals surface area contributed by atoms with Gasteiger partial charge >= 0.3 is 0 Å². The number of hydrogen-bond acceptors (Lipinski definition) is 4. The summed E-state index contributed by atoms with van der Waals surface area (Å²) in [4.78, 5) is 16.6. The van der Waals surface area contributed by atoms with Gasteiger partial charge in [0.2, 0.25) is 0 Å². The van der Waals surface area contributed by atoms with E-state index in [1.807, 2.05) is 44.4 Å². The molecule has 0 radical (unpaired) electrons. The van der Waals surface area contributed by atoms with Crippen LogP contribution in [-0.4, -0.2) is 17.4 Å². The lowest BCUT2D eigenvalue weighted by Crippen LogP contribution is -2.24. The van der Waals surface area contributed by atoms with Gasteiger partial charge in [-0.25, -0.2) is 4.98 Å². The Hall–Kier alpha value is -1.88. The van der Waals surface area contributed by atoms with Crippen LogP contribution in [0.5, 0.6) is 0 Å². The summed E-state index contributed by atoms with van der Waals surface area (Å²) in [6, 6.07) is 5.80. The quantitative estimate of drug-likeness (QED) is 0.889. The Morgan fingerprint density at radius 1 is 1.35 bits per heavy atom. The van der Waals surface area contributed by atoms with Crippen molar-refractivity contribution < 1.29 is 4.79 Å². The number of benzene rings is 1. The zero-order chi connectivity index (χ0) is 14.5. The lowest BCUT2D eigenvalue weighted by molar-refractivity contribution is 0.0951. The molecule has 0 saturated heterocycles. The first-order valence-corrected chi connectivity index (χ1v) is 7.52. The van der Waals surface area contributed by atoms with Gasteiger partial charge in [-0.2, -0.15) is 0 Å². The zero-order valence-corrected chi connectivity index (χ0v) is 12.8. The summed E-state index contributed by atoms with van der Waals surface area (Å²) in [5, 5.41) is 9.05. The molecule has 1 aromatic heterocycles. The molecule has 2 rings (SSSR count). The Morgan fingerprint density at radius 2 is 2.15 bits per heavy atom. The van der Waals surface area contributed by atoms with E-state index in [2.05, 4.69) is 15.6 Å². The van der Waals surface area contributed by atoms with E-state index in [0.29, 0.717) is 12.1 Å². The van der Waals surface area contributed by atoms with Gasteiger partial charge in [0.15, 0.2) is 0 Å². The number of nitrogens with zero attached hydrogens (tertiary/aromatic N) is 1. The predicted octanol–water partition coefficient (Wildman–Crippen LogP) is 3.12. The average Bonchev–Trinajstić information content (AvgIpc) is 2.82. The second-order valence-electron chi connectivity index (χ2n) is 4.64. The number of anilines is 1. The van der Waals surface area contributed by atoms with Crippen molar-refractivity contribution in [2.24, 2.45) is 0 Å². The summed E-state index contributed by atoms with van der Waals surface area (Å²) in [6.45, 7) is 7.24. The predicted molar refractivity (Wildman–Crippen MR) is 83.4 cm³/mol. The van der Waals surface area contributed by atoms with E-state index in [4.69, 9.17) is 0 Å². The third kappa shape index (κ3) is 3.57. The van der Waals surface area contributed by atoms with Crippen molar-refractivity contribution in [3.05, 3.63) is 45.4 Å². The first kappa shape index (κ1) is 14.5. The van der Waals surface area contributed by atoms with Crippen LogP contribution in [0.3, 0.4) is 0 Å². The summed E-state index contributed by atoms with van der Waals surface area (Å²) >= 11 is 1.56. The van der Waals surface area contributed by atoms with E-state index in [1.165, 1.54) is 0 Å². The fraction of sp³-hybridized carbons (Fsp3) is 0.333. The lowest BCUT2D eigenvalue weighted by atomic mass is 10.1. The molecule has 20 heavy (non-hydrogen) atoms. The minimum Gasteiger partial charge on any atom is -0.385 e. The molecule has 0 aliphatic heterocycles. The van der Waals surface area contributed by atoms with Crippen LogP contribution >= 0.6 is 11.3 Å². The molecular formula is C15H19N3OS. The van der Waals surface area contributed by atoms with E-state index < -0.39 is 0 Å². The molecule has 1 amide bonds. The molecule has 0 fully saturated rings. The molecule has 106 valence electrons. The summed E-state index contributed by atoms with van der Waals surface area (Å²) < 4.78 is 0. The fourth-order valence-corrected chi connectivity index (χ4v) is 2.64. The summed E-state index contributed by atoms with van der Waals surface area (Å²) in [7, 11) is 0. The van der Waals surface area contributed by atoms with Crippen LogP contribution in [-0.2, 0) is 6.54 Å². The van der Waals surface area contributed by atoms with Crippen LogP contribution in [0.2, 0.25) is 0 Å². The Morgan fingerprint density at radius 3 is 2.80 bits per heavy atom. The van der Waals surface area contributed by atoms with Gasteiger partial charge < -0.3 is 10.6 Å². The molecule has 2 N–H and O–H groups in total. The number of carbonyl (C=O) groups is 1. The third-order valence-electron chi connectivity index (χ3n) is 2.85. The summed E-state index contributed by atoms with van der Waals surface area (Å²) in [5.74, 6) is -0.0752. The highest BCUT2D eigenvalue weighted by Crippen LogP contribution is 2.18. The molecule has 0 aliphatic carbocycles. The Labute approximate surface area is 123 Å². The van der Waals surface area contributed by atoms with Gasteiger partial charge in [0.05, 0.1) is 12.1 Å². The van der Waals surface area contributed by atoms with Gasteiger partial charge in [0, 0.05) is 23.3 Å². The average molecular weight is 289 g/mol. The number of carbonyl (C=O) groups excluding carboxylic acids is 1. The molecule has 5 heteroatoms. The number of amides is 1. The van der Waals surface area contributed by atoms with Gasteiger partial charge in [-0.3, -0.25) is 4.79 Å². The minimum absolute atomic E-state index is 0.0752. The number of aromatic nitrogens is 1. The molecule has 0 bridgehead atoms. The Bertz CT molecular complexity index is 607. The van der Waals surface area contributed by atoms with Gasteiger partial charge in [-0.05, 0) is 38.5 Å². The molecule has 1 heterocycles. The van der Waals surface area contributed by atoms with E-state index in [0.717, 1.165) is 28.5 Å². The lowest BCUT2D eigenvalue weighted by Gasteiger charge is -2.11. The maximum absolute atomic E-state index is 12.3. The Kier molecular flexibility index (Phi) is 4.74. The summed E-state index contributed by atoms with van der Waals surface area (Å²) in [6.07, 6.45) is 0. The second kappa shape index (κ2) is 6.52. The Balaban J connectivity index is 2.08.